The van der Waals surface area contributed by atoms with Crippen LogP contribution >= 0.6 is 27.7 Å². The second-order valence-electron chi connectivity index (χ2n) is 8.13. The van der Waals surface area contributed by atoms with Crippen LogP contribution in [0.15, 0.2) is 49.4 Å². The van der Waals surface area contributed by atoms with Crippen molar-refractivity contribution < 1.29 is 8.42 Å². The van der Waals surface area contributed by atoms with Crippen molar-refractivity contribution in [2.75, 3.05) is 4.72 Å². The molecule has 1 fully saturated rings. The third kappa shape index (κ3) is 4.45. The van der Waals surface area contributed by atoms with Crippen molar-refractivity contribution in [1.82, 2.24) is 9.13 Å². The van der Waals surface area contributed by atoms with E-state index < -0.39 is 10.0 Å². The first kappa shape index (κ1) is 22.5. The highest BCUT2D eigenvalue weighted by Gasteiger charge is 2.23. The van der Waals surface area contributed by atoms with E-state index in [-0.39, 0.29) is 10.6 Å². The molecular weight excluding hydrogens is 498 g/mol. The zero-order chi connectivity index (χ0) is 22.3. The van der Waals surface area contributed by atoms with E-state index in [1.807, 2.05) is 6.07 Å². The Bertz CT molecular complexity index is 1310. The summed E-state index contributed by atoms with van der Waals surface area (Å²) in [5.41, 5.74) is 2.55. The van der Waals surface area contributed by atoms with Gasteiger partial charge in [0.15, 0.2) is 0 Å². The number of anilines is 1. The van der Waals surface area contributed by atoms with Crippen molar-refractivity contribution in [3.63, 3.8) is 0 Å². The third-order valence-corrected chi connectivity index (χ3v) is 9.31. The minimum atomic E-state index is -3.79. The summed E-state index contributed by atoms with van der Waals surface area (Å²) >= 11 is 5.10. The number of hydrogen-bond donors (Lipinski definition) is 1. The number of imidazole rings is 1. The lowest BCUT2D eigenvalue weighted by molar-refractivity contribution is 0.516. The van der Waals surface area contributed by atoms with Crippen molar-refractivity contribution in [2.45, 2.75) is 54.1 Å². The van der Waals surface area contributed by atoms with Crippen LogP contribution in [-0.4, -0.2) is 22.8 Å². The molecule has 0 aliphatic heterocycles. The molecule has 166 valence electrons. The van der Waals surface area contributed by atoms with Crippen LogP contribution in [0.25, 0.3) is 11.0 Å². The molecule has 1 aliphatic carbocycles. The summed E-state index contributed by atoms with van der Waals surface area (Å²) in [4.78, 5) is 13.6. The van der Waals surface area contributed by atoms with Gasteiger partial charge in [0, 0.05) is 28.7 Å². The summed E-state index contributed by atoms with van der Waals surface area (Å²) in [5.74, 6) is 0. The molecular formula is C22H26BrN3O3S2. The molecule has 0 spiro atoms. The highest BCUT2D eigenvalue weighted by molar-refractivity contribution is 9.10. The van der Waals surface area contributed by atoms with Gasteiger partial charge in [-0.1, -0.05) is 35.2 Å². The maximum atomic E-state index is 13.3. The highest BCUT2D eigenvalue weighted by Crippen LogP contribution is 2.40. The fraction of sp³-hybridized carbons (Fsp3) is 0.409. The number of hydrogen-bond acceptors (Lipinski definition) is 4. The topological polar surface area (TPSA) is 73.1 Å². The molecule has 2 aromatic carbocycles. The normalized spacial score (nSPS) is 15.5. The Hall–Kier alpha value is -1.71. The second-order valence-corrected chi connectivity index (χ2v) is 12.0. The minimum absolute atomic E-state index is 0.132. The van der Waals surface area contributed by atoms with Crippen molar-refractivity contribution in [3.05, 3.63) is 50.9 Å². The number of aromatic nitrogens is 2. The maximum absolute atomic E-state index is 13.3. The van der Waals surface area contributed by atoms with Gasteiger partial charge in [-0.15, -0.1) is 11.8 Å². The number of halogens is 1. The summed E-state index contributed by atoms with van der Waals surface area (Å²) in [7, 11) is -0.338. The Morgan fingerprint density at radius 1 is 1.03 bits per heavy atom. The SMILES string of the molecule is Cc1cc(Br)ccc1S(=O)(=O)Nc1cc2c(cc1SC1CCCCC1)n(C)c(=O)n2C. The number of fused-ring (bicyclic) bond motifs is 1. The van der Waals surface area contributed by atoms with Crippen LogP contribution in [0.5, 0.6) is 0 Å². The van der Waals surface area contributed by atoms with E-state index in [0.29, 0.717) is 22.0 Å². The van der Waals surface area contributed by atoms with E-state index >= 15 is 0 Å². The third-order valence-electron chi connectivity index (χ3n) is 5.89. The van der Waals surface area contributed by atoms with Gasteiger partial charge in [0.2, 0.25) is 0 Å². The number of nitrogens with zero attached hydrogens (tertiary/aromatic N) is 2. The van der Waals surface area contributed by atoms with Gasteiger partial charge in [0.25, 0.3) is 10.0 Å². The largest absolute Gasteiger partial charge is 0.328 e. The quantitative estimate of drug-likeness (QED) is 0.500. The van der Waals surface area contributed by atoms with Crippen molar-refractivity contribution >= 4 is 54.4 Å². The number of rotatable bonds is 5. The fourth-order valence-electron chi connectivity index (χ4n) is 4.18. The highest BCUT2D eigenvalue weighted by atomic mass is 79.9. The zero-order valence-electron chi connectivity index (χ0n) is 17.8. The Morgan fingerprint density at radius 3 is 2.32 bits per heavy atom. The number of nitrogens with one attached hydrogen (secondary N) is 1. The molecule has 0 radical (unpaired) electrons. The molecule has 0 amide bonds. The molecule has 1 heterocycles. The van der Waals surface area contributed by atoms with Gasteiger partial charge < -0.3 is 0 Å². The summed E-state index contributed by atoms with van der Waals surface area (Å²) in [6.07, 6.45) is 5.89. The number of thioether (sulfide) groups is 1. The number of sulfonamides is 1. The predicted octanol–water partition coefficient (Wildman–Crippen LogP) is 5.17. The van der Waals surface area contributed by atoms with E-state index in [1.165, 1.54) is 19.3 Å². The molecule has 1 aliphatic rings. The number of aryl methyl sites for hydroxylation is 3. The van der Waals surface area contributed by atoms with Gasteiger partial charge in [-0.25, -0.2) is 13.2 Å². The lowest BCUT2D eigenvalue weighted by atomic mass is 10.0. The first-order valence-electron chi connectivity index (χ1n) is 10.3. The van der Waals surface area contributed by atoms with Crippen LogP contribution in [0, 0.1) is 6.92 Å². The van der Waals surface area contributed by atoms with Gasteiger partial charge in [0.05, 0.1) is 21.6 Å². The minimum Gasteiger partial charge on any atom is -0.295 e. The average molecular weight is 525 g/mol. The summed E-state index contributed by atoms with van der Waals surface area (Å²) in [6, 6.07) is 8.85. The summed E-state index contributed by atoms with van der Waals surface area (Å²) in [5, 5.41) is 0.449. The van der Waals surface area contributed by atoms with E-state index in [1.54, 1.807) is 66.2 Å². The lowest BCUT2D eigenvalue weighted by Gasteiger charge is -2.23. The average Bonchev–Trinajstić information content (AvgIpc) is 2.92. The lowest BCUT2D eigenvalue weighted by Crippen LogP contribution is -2.19. The summed E-state index contributed by atoms with van der Waals surface area (Å²) < 4.78 is 33.3. The van der Waals surface area contributed by atoms with Crippen LogP contribution in [0.1, 0.15) is 37.7 Å². The molecule has 6 nitrogen and oxygen atoms in total. The molecule has 3 aromatic rings. The Kier molecular flexibility index (Phi) is 6.29. The summed E-state index contributed by atoms with van der Waals surface area (Å²) in [6.45, 7) is 1.78. The van der Waals surface area contributed by atoms with Crippen LogP contribution < -0.4 is 10.4 Å². The first-order chi connectivity index (χ1) is 14.7. The molecule has 0 bridgehead atoms. The van der Waals surface area contributed by atoms with Crippen LogP contribution in [0.2, 0.25) is 0 Å². The van der Waals surface area contributed by atoms with Crippen molar-refractivity contribution in [1.29, 1.82) is 0 Å². The fourth-order valence-corrected chi connectivity index (χ4v) is 7.36. The maximum Gasteiger partial charge on any atom is 0.328 e. The van der Waals surface area contributed by atoms with Gasteiger partial charge in [-0.3, -0.25) is 13.9 Å². The molecule has 1 saturated carbocycles. The molecule has 0 atom stereocenters. The van der Waals surface area contributed by atoms with Gasteiger partial charge in [-0.05, 0) is 55.7 Å². The van der Waals surface area contributed by atoms with Crippen molar-refractivity contribution in [3.8, 4) is 0 Å². The molecule has 1 aromatic heterocycles. The monoisotopic (exact) mass is 523 g/mol. The smallest absolute Gasteiger partial charge is 0.295 e. The molecule has 31 heavy (non-hydrogen) atoms. The van der Waals surface area contributed by atoms with Crippen molar-refractivity contribution in [2.24, 2.45) is 14.1 Å². The van der Waals surface area contributed by atoms with Crippen LogP contribution in [-0.2, 0) is 24.1 Å². The molecule has 9 heteroatoms. The molecule has 1 N–H and O–H groups in total. The van der Waals surface area contributed by atoms with Gasteiger partial charge in [0.1, 0.15) is 0 Å². The molecule has 0 saturated heterocycles. The first-order valence-corrected chi connectivity index (χ1v) is 13.5. The van der Waals surface area contributed by atoms with Crippen LogP contribution in [0.4, 0.5) is 5.69 Å². The van der Waals surface area contributed by atoms with E-state index in [2.05, 4.69) is 20.7 Å². The van der Waals surface area contributed by atoms with Crippen LogP contribution in [0.3, 0.4) is 0 Å². The molecule has 4 rings (SSSR count). The molecule has 0 unspecified atom stereocenters. The van der Waals surface area contributed by atoms with Gasteiger partial charge >= 0.3 is 5.69 Å². The zero-order valence-corrected chi connectivity index (χ0v) is 21.0. The Balaban J connectivity index is 1.81. The number of benzene rings is 2. The van der Waals surface area contributed by atoms with E-state index in [0.717, 1.165) is 27.7 Å². The Morgan fingerprint density at radius 2 is 1.68 bits per heavy atom. The Labute approximate surface area is 195 Å². The van der Waals surface area contributed by atoms with E-state index in [4.69, 9.17) is 0 Å². The predicted molar refractivity (Wildman–Crippen MR) is 131 cm³/mol. The van der Waals surface area contributed by atoms with E-state index in [9.17, 15) is 13.2 Å². The van der Waals surface area contributed by atoms with Gasteiger partial charge in [-0.2, -0.15) is 0 Å². The second kappa shape index (κ2) is 8.67. The standard InChI is InChI=1S/C22H26BrN3O3S2/c1-14-11-15(23)9-10-21(14)31(28,29)24-17-12-18-19(26(3)22(27)25(18)2)13-20(17)30-16-7-5-4-6-8-16/h9-13,16,24H,4-8H2,1-3H3.